The highest BCUT2D eigenvalue weighted by atomic mass is 15.2. The minimum absolute atomic E-state index is 0.913. The van der Waals surface area contributed by atoms with Crippen LogP contribution in [0.5, 0.6) is 0 Å². The Morgan fingerprint density at radius 3 is 3.00 bits per heavy atom. The lowest BCUT2D eigenvalue weighted by atomic mass is 10.1. The van der Waals surface area contributed by atoms with Crippen LogP contribution in [0.1, 0.15) is 17.7 Å². The molecule has 1 fully saturated rings. The molecule has 1 aliphatic heterocycles. The molecule has 0 radical (unpaired) electrons. The summed E-state index contributed by atoms with van der Waals surface area (Å²) in [7, 11) is 0. The maximum atomic E-state index is 4.95. The van der Waals surface area contributed by atoms with Crippen molar-refractivity contribution in [2.75, 3.05) is 26.2 Å². The van der Waals surface area contributed by atoms with Crippen LogP contribution in [-0.2, 0) is 6.54 Å². The van der Waals surface area contributed by atoms with Gasteiger partial charge in [-0.2, -0.15) is 0 Å². The summed E-state index contributed by atoms with van der Waals surface area (Å²) in [6.07, 6.45) is 7.04. The van der Waals surface area contributed by atoms with Crippen LogP contribution in [0, 0.1) is 6.92 Å². The van der Waals surface area contributed by atoms with E-state index in [1.807, 2.05) is 18.5 Å². The molecule has 1 saturated heterocycles. The summed E-state index contributed by atoms with van der Waals surface area (Å²) in [5.74, 6) is 0. The normalized spacial score (nSPS) is 16.4. The summed E-state index contributed by atoms with van der Waals surface area (Å²) < 4.78 is 2.25. The highest BCUT2D eigenvalue weighted by molar-refractivity contribution is 5.67. The van der Waals surface area contributed by atoms with Gasteiger partial charge in [-0.15, -0.1) is 0 Å². The summed E-state index contributed by atoms with van der Waals surface area (Å²) in [6.45, 7) is 7.39. The van der Waals surface area contributed by atoms with Crippen molar-refractivity contribution < 1.29 is 0 Å². The molecule has 4 rings (SSSR count). The molecule has 1 N–H and O–H groups in total. The second-order valence-electron chi connectivity index (χ2n) is 6.41. The van der Waals surface area contributed by atoms with E-state index in [2.05, 4.69) is 50.9 Å². The van der Waals surface area contributed by atoms with Crippen molar-refractivity contribution in [3.63, 3.8) is 0 Å². The maximum absolute atomic E-state index is 4.95. The average molecular weight is 321 g/mol. The van der Waals surface area contributed by atoms with E-state index in [-0.39, 0.29) is 0 Å². The smallest absolute Gasteiger partial charge is 0.140 e. The fraction of sp³-hybridized carbons (Fsp3) is 0.368. The summed E-state index contributed by atoms with van der Waals surface area (Å²) >= 11 is 0. The van der Waals surface area contributed by atoms with Gasteiger partial charge in [0.05, 0.1) is 11.4 Å². The van der Waals surface area contributed by atoms with E-state index in [0.29, 0.717) is 0 Å². The Kier molecular flexibility index (Phi) is 4.28. The third kappa shape index (κ3) is 2.92. The number of aryl methyl sites for hydroxylation is 1. The molecule has 1 aliphatic rings. The molecule has 0 unspecified atom stereocenters. The van der Waals surface area contributed by atoms with Gasteiger partial charge in [0, 0.05) is 43.8 Å². The predicted octanol–water partition coefficient (Wildman–Crippen LogP) is 2.50. The fourth-order valence-corrected chi connectivity index (χ4v) is 3.41. The van der Waals surface area contributed by atoms with Crippen LogP contribution in [0.15, 0.2) is 42.9 Å². The SMILES string of the molecule is Cc1cccn2c(CN3CCCNCC3)c(-c3cccnc3)nc12. The van der Waals surface area contributed by atoms with Gasteiger partial charge in [0.1, 0.15) is 5.65 Å². The zero-order valence-corrected chi connectivity index (χ0v) is 14.1. The van der Waals surface area contributed by atoms with Gasteiger partial charge in [0.2, 0.25) is 0 Å². The van der Waals surface area contributed by atoms with Crippen molar-refractivity contribution >= 4 is 5.65 Å². The summed E-state index contributed by atoms with van der Waals surface area (Å²) in [5, 5.41) is 3.48. The first kappa shape index (κ1) is 15.3. The number of fused-ring (bicyclic) bond motifs is 1. The van der Waals surface area contributed by atoms with Crippen LogP contribution in [0.25, 0.3) is 16.9 Å². The Bertz CT molecular complexity index is 816. The number of pyridine rings is 2. The van der Waals surface area contributed by atoms with E-state index in [1.54, 1.807) is 0 Å². The third-order valence-corrected chi connectivity index (χ3v) is 4.69. The van der Waals surface area contributed by atoms with Crippen molar-refractivity contribution in [1.29, 1.82) is 0 Å². The molecule has 0 aromatic carbocycles. The monoisotopic (exact) mass is 321 g/mol. The lowest BCUT2D eigenvalue weighted by molar-refractivity contribution is 0.281. The Morgan fingerprint density at radius 1 is 1.17 bits per heavy atom. The molecule has 5 nitrogen and oxygen atoms in total. The number of nitrogens with zero attached hydrogens (tertiary/aromatic N) is 4. The molecule has 0 bridgehead atoms. The van der Waals surface area contributed by atoms with E-state index in [1.165, 1.54) is 17.7 Å². The Morgan fingerprint density at radius 2 is 2.12 bits per heavy atom. The number of hydrogen-bond donors (Lipinski definition) is 1. The van der Waals surface area contributed by atoms with Crippen LogP contribution >= 0.6 is 0 Å². The average Bonchev–Trinajstić information content (AvgIpc) is 2.79. The van der Waals surface area contributed by atoms with Crippen molar-refractivity contribution in [2.45, 2.75) is 19.9 Å². The third-order valence-electron chi connectivity index (χ3n) is 4.69. The highest BCUT2D eigenvalue weighted by Crippen LogP contribution is 2.26. The number of nitrogens with one attached hydrogen (secondary N) is 1. The number of rotatable bonds is 3. The van der Waals surface area contributed by atoms with E-state index < -0.39 is 0 Å². The fourth-order valence-electron chi connectivity index (χ4n) is 3.41. The van der Waals surface area contributed by atoms with Gasteiger partial charge in [-0.3, -0.25) is 9.88 Å². The number of aromatic nitrogens is 3. The summed E-state index contributed by atoms with van der Waals surface area (Å²) in [6, 6.07) is 8.29. The first-order chi connectivity index (χ1) is 11.8. The molecule has 4 heterocycles. The molecule has 3 aromatic heterocycles. The lowest BCUT2D eigenvalue weighted by Crippen LogP contribution is -2.28. The molecule has 5 heteroatoms. The largest absolute Gasteiger partial charge is 0.315 e. The molecule has 3 aromatic rings. The topological polar surface area (TPSA) is 45.5 Å². The quantitative estimate of drug-likeness (QED) is 0.805. The Labute approximate surface area is 142 Å². The second kappa shape index (κ2) is 6.71. The van der Waals surface area contributed by atoms with Gasteiger partial charge in [-0.05, 0) is 50.2 Å². The van der Waals surface area contributed by atoms with Crippen molar-refractivity contribution in [1.82, 2.24) is 24.6 Å². The molecular weight excluding hydrogens is 298 g/mol. The van der Waals surface area contributed by atoms with E-state index >= 15 is 0 Å². The van der Waals surface area contributed by atoms with Gasteiger partial charge in [-0.1, -0.05) is 6.07 Å². The van der Waals surface area contributed by atoms with Crippen LogP contribution < -0.4 is 5.32 Å². The highest BCUT2D eigenvalue weighted by Gasteiger charge is 2.18. The molecule has 0 amide bonds. The maximum Gasteiger partial charge on any atom is 0.140 e. The Hall–Kier alpha value is -2.24. The summed E-state index contributed by atoms with van der Waals surface area (Å²) in [4.78, 5) is 11.8. The molecule has 0 saturated carbocycles. The molecule has 0 spiro atoms. The minimum atomic E-state index is 0.913. The molecular formula is C19H23N5. The summed E-state index contributed by atoms with van der Waals surface area (Å²) in [5.41, 5.74) is 5.63. The second-order valence-corrected chi connectivity index (χ2v) is 6.41. The molecule has 24 heavy (non-hydrogen) atoms. The van der Waals surface area contributed by atoms with Crippen molar-refractivity contribution in [2.24, 2.45) is 0 Å². The van der Waals surface area contributed by atoms with E-state index in [9.17, 15) is 0 Å². The molecule has 0 atom stereocenters. The first-order valence-electron chi connectivity index (χ1n) is 8.63. The van der Waals surface area contributed by atoms with Crippen LogP contribution in [0.4, 0.5) is 0 Å². The van der Waals surface area contributed by atoms with Crippen molar-refractivity contribution in [3.8, 4) is 11.3 Å². The van der Waals surface area contributed by atoms with E-state index in [0.717, 1.165) is 49.6 Å². The predicted molar refractivity (Wildman–Crippen MR) is 95.9 cm³/mol. The first-order valence-corrected chi connectivity index (χ1v) is 8.63. The van der Waals surface area contributed by atoms with E-state index in [4.69, 9.17) is 4.98 Å². The van der Waals surface area contributed by atoms with Crippen molar-refractivity contribution in [3.05, 3.63) is 54.1 Å². The van der Waals surface area contributed by atoms with Gasteiger partial charge in [-0.25, -0.2) is 4.98 Å². The minimum Gasteiger partial charge on any atom is -0.315 e. The number of imidazole rings is 1. The zero-order chi connectivity index (χ0) is 16.4. The Balaban J connectivity index is 1.80. The lowest BCUT2D eigenvalue weighted by Gasteiger charge is -2.20. The van der Waals surface area contributed by atoms with Gasteiger partial charge >= 0.3 is 0 Å². The molecule has 0 aliphatic carbocycles. The molecule has 124 valence electrons. The van der Waals surface area contributed by atoms with Crippen LogP contribution in [0.3, 0.4) is 0 Å². The van der Waals surface area contributed by atoms with Gasteiger partial charge in [0.15, 0.2) is 0 Å². The zero-order valence-electron chi connectivity index (χ0n) is 14.1. The van der Waals surface area contributed by atoms with Crippen LogP contribution in [-0.4, -0.2) is 45.4 Å². The number of hydrogen-bond acceptors (Lipinski definition) is 4. The standard InChI is InChI=1S/C19H23N5/c1-15-5-3-11-24-17(14-23-10-4-8-20-9-12-23)18(22-19(15)24)16-6-2-7-21-13-16/h2-3,5-7,11,13,20H,4,8-10,12,14H2,1H3. The van der Waals surface area contributed by atoms with Gasteiger partial charge in [0.25, 0.3) is 0 Å². The van der Waals surface area contributed by atoms with Gasteiger partial charge < -0.3 is 9.72 Å². The van der Waals surface area contributed by atoms with Crippen LogP contribution in [0.2, 0.25) is 0 Å².